The van der Waals surface area contributed by atoms with Gasteiger partial charge in [0.1, 0.15) is 0 Å². The predicted octanol–water partition coefficient (Wildman–Crippen LogP) is 2.58. The number of carbonyl (C=O) groups excluding carboxylic acids is 1. The molecule has 1 N–H and O–H groups in total. The highest BCUT2D eigenvalue weighted by Crippen LogP contribution is 2.09. The lowest BCUT2D eigenvalue weighted by Gasteiger charge is -2.10. The standard InChI is InChI=1S/C16H21N3O/c1-3-13(2)16(20)17-11-9-14-5-7-15(8-6-14)19-12-4-10-18-19/h4-8,10,12-13H,3,9,11H2,1-2H3,(H,17,20). The molecule has 4 heteroatoms. The fraction of sp³-hybridized carbons (Fsp3) is 0.375. The molecule has 1 unspecified atom stereocenters. The Balaban J connectivity index is 1.84. The summed E-state index contributed by atoms with van der Waals surface area (Å²) in [5, 5.41) is 7.16. The van der Waals surface area contributed by atoms with E-state index in [0.717, 1.165) is 18.5 Å². The van der Waals surface area contributed by atoms with E-state index < -0.39 is 0 Å². The van der Waals surface area contributed by atoms with Gasteiger partial charge >= 0.3 is 0 Å². The van der Waals surface area contributed by atoms with Crippen molar-refractivity contribution in [3.8, 4) is 5.69 Å². The van der Waals surface area contributed by atoms with Crippen LogP contribution in [0.25, 0.3) is 5.69 Å². The van der Waals surface area contributed by atoms with Gasteiger partial charge in [0, 0.05) is 24.9 Å². The molecular formula is C16H21N3O. The van der Waals surface area contributed by atoms with Gasteiger partial charge in [-0.2, -0.15) is 5.10 Å². The van der Waals surface area contributed by atoms with Crippen LogP contribution < -0.4 is 5.32 Å². The number of hydrogen-bond donors (Lipinski definition) is 1. The molecule has 2 rings (SSSR count). The molecule has 0 bridgehead atoms. The zero-order valence-electron chi connectivity index (χ0n) is 12.0. The minimum atomic E-state index is 0.0946. The summed E-state index contributed by atoms with van der Waals surface area (Å²) in [6, 6.07) is 10.1. The Morgan fingerprint density at radius 2 is 2.10 bits per heavy atom. The van der Waals surface area contributed by atoms with Crippen molar-refractivity contribution in [1.29, 1.82) is 0 Å². The second-order valence-corrected chi connectivity index (χ2v) is 4.97. The summed E-state index contributed by atoms with van der Waals surface area (Å²) in [5.74, 6) is 0.234. The maximum Gasteiger partial charge on any atom is 0.222 e. The fourth-order valence-electron chi connectivity index (χ4n) is 1.93. The van der Waals surface area contributed by atoms with E-state index >= 15 is 0 Å². The topological polar surface area (TPSA) is 46.9 Å². The number of nitrogens with zero attached hydrogens (tertiary/aromatic N) is 2. The molecule has 1 aromatic heterocycles. The quantitative estimate of drug-likeness (QED) is 0.877. The third-order valence-corrected chi connectivity index (χ3v) is 3.48. The molecule has 1 atom stereocenters. The number of carbonyl (C=O) groups is 1. The van der Waals surface area contributed by atoms with Crippen molar-refractivity contribution in [3.05, 3.63) is 48.3 Å². The minimum absolute atomic E-state index is 0.0946. The maximum atomic E-state index is 11.7. The van der Waals surface area contributed by atoms with Crippen LogP contribution in [-0.4, -0.2) is 22.2 Å². The Morgan fingerprint density at radius 1 is 1.35 bits per heavy atom. The molecule has 0 fully saturated rings. The van der Waals surface area contributed by atoms with Gasteiger partial charge in [-0.3, -0.25) is 4.79 Å². The Bertz CT molecular complexity index is 531. The summed E-state index contributed by atoms with van der Waals surface area (Å²) in [6.45, 7) is 4.66. The molecule has 4 nitrogen and oxygen atoms in total. The first-order chi connectivity index (χ1) is 9.70. The summed E-state index contributed by atoms with van der Waals surface area (Å²) >= 11 is 0. The van der Waals surface area contributed by atoms with Crippen LogP contribution in [0.5, 0.6) is 0 Å². The van der Waals surface area contributed by atoms with E-state index in [4.69, 9.17) is 0 Å². The molecule has 0 radical (unpaired) electrons. The molecule has 0 saturated carbocycles. The average Bonchev–Trinajstić information content (AvgIpc) is 3.01. The van der Waals surface area contributed by atoms with Gasteiger partial charge in [0.2, 0.25) is 5.91 Å². The lowest BCUT2D eigenvalue weighted by molar-refractivity contribution is -0.124. The van der Waals surface area contributed by atoms with Crippen molar-refractivity contribution in [2.45, 2.75) is 26.7 Å². The second kappa shape index (κ2) is 6.89. The van der Waals surface area contributed by atoms with E-state index in [0.29, 0.717) is 6.54 Å². The van der Waals surface area contributed by atoms with E-state index in [-0.39, 0.29) is 11.8 Å². The monoisotopic (exact) mass is 271 g/mol. The first-order valence-corrected chi connectivity index (χ1v) is 7.07. The van der Waals surface area contributed by atoms with Gasteiger partial charge in [-0.05, 0) is 36.6 Å². The fourth-order valence-corrected chi connectivity index (χ4v) is 1.93. The molecular weight excluding hydrogens is 250 g/mol. The highest BCUT2D eigenvalue weighted by atomic mass is 16.1. The molecule has 0 spiro atoms. The van der Waals surface area contributed by atoms with Crippen molar-refractivity contribution in [3.63, 3.8) is 0 Å². The maximum absolute atomic E-state index is 11.7. The van der Waals surface area contributed by atoms with Crippen LogP contribution in [0.2, 0.25) is 0 Å². The van der Waals surface area contributed by atoms with Gasteiger partial charge in [-0.1, -0.05) is 26.0 Å². The Hall–Kier alpha value is -2.10. The van der Waals surface area contributed by atoms with Crippen LogP contribution in [-0.2, 0) is 11.2 Å². The second-order valence-electron chi connectivity index (χ2n) is 4.97. The Morgan fingerprint density at radius 3 is 2.70 bits per heavy atom. The largest absolute Gasteiger partial charge is 0.356 e. The van der Waals surface area contributed by atoms with E-state index in [1.54, 1.807) is 6.20 Å². The van der Waals surface area contributed by atoms with Crippen molar-refractivity contribution in [2.75, 3.05) is 6.54 Å². The molecule has 0 aliphatic carbocycles. The predicted molar refractivity (Wildman–Crippen MR) is 79.7 cm³/mol. The average molecular weight is 271 g/mol. The molecule has 1 heterocycles. The van der Waals surface area contributed by atoms with Crippen LogP contribution in [0.15, 0.2) is 42.7 Å². The van der Waals surface area contributed by atoms with Crippen molar-refractivity contribution >= 4 is 5.91 Å². The first kappa shape index (κ1) is 14.3. The zero-order chi connectivity index (χ0) is 14.4. The van der Waals surface area contributed by atoms with Crippen molar-refractivity contribution in [1.82, 2.24) is 15.1 Å². The van der Waals surface area contributed by atoms with Crippen LogP contribution in [0.1, 0.15) is 25.8 Å². The van der Waals surface area contributed by atoms with Crippen LogP contribution in [0.3, 0.4) is 0 Å². The van der Waals surface area contributed by atoms with E-state index in [1.807, 2.05) is 42.9 Å². The van der Waals surface area contributed by atoms with Gasteiger partial charge in [0.25, 0.3) is 0 Å². The van der Waals surface area contributed by atoms with Gasteiger partial charge in [0.05, 0.1) is 5.69 Å². The molecule has 0 saturated heterocycles. The molecule has 2 aromatic rings. The van der Waals surface area contributed by atoms with E-state index in [1.165, 1.54) is 5.56 Å². The van der Waals surface area contributed by atoms with Gasteiger partial charge < -0.3 is 5.32 Å². The van der Waals surface area contributed by atoms with Crippen LogP contribution in [0.4, 0.5) is 0 Å². The molecule has 1 aromatic carbocycles. The highest BCUT2D eigenvalue weighted by molar-refractivity contribution is 5.78. The summed E-state index contributed by atoms with van der Waals surface area (Å²) in [7, 11) is 0. The summed E-state index contributed by atoms with van der Waals surface area (Å²) in [4.78, 5) is 11.7. The molecule has 20 heavy (non-hydrogen) atoms. The summed E-state index contributed by atoms with van der Waals surface area (Å²) in [6.07, 6.45) is 5.41. The van der Waals surface area contributed by atoms with E-state index in [9.17, 15) is 4.79 Å². The molecule has 1 amide bonds. The number of rotatable bonds is 6. The van der Waals surface area contributed by atoms with Gasteiger partial charge in [-0.25, -0.2) is 4.68 Å². The highest BCUT2D eigenvalue weighted by Gasteiger charge is 2.08. The summed E-state index contributed by atoms with van der Waals surface area (Å²) in [5.41, 5.74) is 2.26. The number of benzene rings is 1. The Kier molecular flexibility index (Phi) is 4.93. The van der Waals surface area contributed by atoms with E-state index in [2.05, 4.69) is 22.5 Å². The van der Waals surface area contributed by atoms with Crippen LogP contribution in [0, 0.1) is 5.92 Å². The third kappa shape index (κ3) is 3.70. The lowest BCUT2D eigenvalue weighted by atomic mass is 10.1. The zero-order valence-corrected chi connectivity index (χ0v) is 12.0. The Labute approximate surface area is 119 Å². The van der Waals surface area contributed by atoms with Gasteiger partial charge in [-0.15, -0.1) is 0 Å². The number of nitrogens with one attached hydrogen (secondary N) is 1. The van der Waals surface area contributed by atoms with Gasteiger partial charge in [0.15, 0.2) is 0 Å². The first-order valence-electron chi connectivity index (χ1n) is 7.07. The molecule has 0 aliphatic rings. The normalized spacial score (nSPS) is 12.1. The molecule has 0 aliphatic heterocycles. The third-order valence-electron chi connectivity index (χ3n) is 3.48. The van der Waals surface area contributed by atoms with Crippen molar-refractivity contribution < 1.29 is 4.79 Å². The number of aromatic nitrogens is 2. The smallest absolute Gasteiger partial charge is 0.222 e. The van der Waals surface area contributed by atoms with Crippen LogP contribution >= 0.6 is 0 Å². The summed E-state index contributed by atoms with van der Waals surface area (Å²) < 4.78 is 1.83. The SMILES string of the molecule is CCC(C)C(=O)NCCc1ccc(-n2cccn2)cc1. The number of amides is 1. The molecule has 106 valence electrons. The number of hydrogen-bond acceptors (Lipinski definition) is 2. The minimum Gasteiger partial charge on any atom is -0.356 e. The lowest BCUT2D eigenvalue weighted by Crippen LogP contribution is -2.30. The van der Waals surface area contributed by atoms with Crippen molar-refractivity contribution in [2.24, 2.45) is 5.92 Å².